The van der Waals surface area contributed by atoms with Gasteiger partial charge in [0.15, 0.2) is 0 Å². The van der Waals surface area contributed by atoms with Gasteiger partial charge in [-0.25, -0.2) is 9.59 Å². The Balaban J connectivity index is 2.40. The summed E-state index contributed by atoms with van der Waals surface area (Å²) in [7, 11) is 0. The number of rotatable bonds is 4. The Morgan fingerprint density at radius 2 is 2.20 bits per heavy atom. The van der Waals surface area contributed by atoms with Gasteiger partial charge in [0.05, 0.1) is 16.8 Å². The summed E-state index contributed by atoms with van der Waals surface area (Å²) in [6.45, 7) is 3.53. The molecule has 20 heavy (non-hydrogen) atoms. The van der Waals surface area contributed by atoms with Crippen LogP contribution in [-0.4, -0.2) is 28.8 Å². The second-order valence-electron chi connectivity index (χ2n) is 3.88. The molecule has 0 fully saturated rings. The number of carboxylic acid groups (broad SMARTS) is 1. The number of hydrogen-bond acceptors (Lipinski definition) is 4. The standard InChI is InChI=1S/C14H12N2O4/c1-2-8-20-14(19)16-11-6-5-10(13(17)18)9-4-3-7-15-12(9)11/h2-7H,1,8H2,(H,16,19)(H,17,18). The molecule has 0 radical (unpaired) electrons. The number of aromatic nitrogens is 1. The Bertz CT molecular complexity index is 682. The van der Waals surface area contributed by atoms with E-state index in [0.717, 1.165) is 0 Å². The van der Waals surface area contributed by atoms with Gasteiger partial charge < -0.3 is 9.84 Å². The molecule has 1 amide bonds. The van der Waals surface area contributed by atoms with Gasteiger partial charge in [0.2, 0.25) is 0 Å². The van der Waals surface area contributed by atoms with Crippen molar-refractivity contribution in [2.24, 2.45) is 0 Å². The van der Waals surface area contributed by atoms with Gasteiger partial charge in [-0.05, 0) is 18.2 Å². The molecule has 2 rings (SSSR count). The van der Waals surface area contributed by atoms with Crippen LogP contribution in [0.1, 0.15) is 10.4 Å². The van der Waals surface area contributed by atoms with E-state index in [0.29, 0.717) is 16.6 Å². The zero-order valence-corrected chi connectivity index (χ0v) is 10.5. The van der Waals surface area contributed by atoms with Gasteiger partial charge in [0, 0.05) is 11.6 Å². The van der Waals surface area contributed by atoms with Crippen LogP contribution in [0.5, 0.6) is 0 Å². The van der Waals surface area contributed by atoms with Crippen LogP contribution in [0.25, 0.3) is 10.9 Å². The fourth-order valence-electron chi connectivity index (χ4n) is 1.74. The third-order valence-electron chi connectivity index (χ3n) is 2.57. The molecule has 0 saturated heterocycles. The number of ether oxygens (including phenoxy) is 1. The van der Waals surface area contributed by atoms with E-state index in [-0.39, 0.29) is 12.2 Å². The first-order valence-corrected chi connectivity index (χ1v) is 5.79. The lowest BCUT2D eigenvalue weighted by Crippen LogP contribution is -2.14. The molecule has 0 saturated carbocycles. The average molecular weight is 272 g/mol. The Kier molecular flexibility index (Phi) is 3.95. The van der Waals surface area contributed by atoms with E-state index >= 15 is 0 Å². The second-order valence-corrected chi connectivity index (χ2v) is 3.88. The number of carbonyl (C=O) groups is 2. The van der Waals surface area contributed by atoms with Gasteiger partial charge in [-0.15, -0.1) is 0 Å². The normalized spacial score (nSPS) is 10.0. The molecule has 0 unspecified atom stereocenters. The fourth-order valence-corrected chi connectivity index (χ4v) is 1.74. The van der Waals surface area contributed by atoms with E-state index < -0.39 is 12.1 Å². The van der Waals surface area contributed by atoms with Crippen molar-refractivity contribution >= 4 is 28.7 Å². The summed E-state index contributed by atoms with van der Waals surface area (Å²) in [6.07, 6.45) is 2.32. The number of nitrogens with zero attached hydrogens (tertiary/aromatic N) is 1. The highest BCUT2D eigenvalue weighted by Crippen LogP contribution is 2.24. The van der Waals surface area contributed by atoms with Crippen molar-refractivity contribution < 1.29 is 19.4 Å². The molecule has 6 heteroatoms. The largest absolute Gasteiger partial charge is 0.478 e. The zero-order valence-electron chi connectivity index (χ0n) is 10.5. The molecule has 0 atom stereocenters. The number of pyridine rings is 1. The lowest BCUT2D eigenvalue weighted by atomic mass is 10.1. The van der Waals surface area contributed by atoms with Gasteiger partial charge >= 0.3 is 12.1 Å². The summed E-state index contributed by atoms with van der Waals surface area (Å²) in [5, 5.41) is 12.1. The van der Waals surface area contributed by atoms with Crippen molar-refractivity contribution in [3.63, 3.8) is 0 Å². The van der Waals surface area contributed by atoms with E-state index in [1.807, 2.05) is 0 Å². The van der Waals surface area contributed by atoms with E-state index in [4.69, 9.17) is 9.84 Å². The summed E-state index contributed by atoms with van der Waals surface area (Å²) in [4.78, 5) is 26.8. The van der Waals surface area contributed by atoms with Crippen molar-refractivity contribution in [3.05, 3.63) is 48.7 Å². The number of hydrogen-bond donors (Lipinski definition) is 2. The maximum absolute atomic E-state index is 11.5. The summed E-state index contributed by atoms with van der Waals surface area (Å²) < 4.78 is 4.81. The highest BCUT2D eigenvalue weighted by atomic mass is 16.5. The van der Waals surface area contributed by atoms with Crippen LogP contribution < -0.4 is 5.32 Å². The molecule has 2 aromatic rings. The second kappa shape index (κ2) is 5.83. The minimum absolute atomic E-state index is 0.0877. The van der Waals surface area contributed by atoms with Crippen LogP contribution in [-0.2, 0) is 4.74 Å². The lowest BCUT2D eigenvalue weighted by Gasteiger charge is -2.09. The topological polar surface area (TPSA) is 88.5 Å². The number of carbonyl (C=O) groups excluding carboxylic acids is 1. The zero-order chi connectivity index (χ0) is 14.5. The van der Waals surface area contributed by atoms with E-state index in [9.17, 15) is 9.59 Å². The number of benzene rings is 1. The Morgan fingerprint density at radius 3 is 2.90 bits per heavy atom. The number of anilines is 1. The van der Waals surface area contributed by atoms with Crippen molar-refractivity contribution in [2.45, 2.75) is 0 Å². The van der Waals surface area contributed by atoms with Gasteiger partial charge in [-0.2, -0.15) is 0 Å². The SMILES string of the molecule is C=CCOC(=O)Nc1ccc(C(=O)O)c2cccnc12. The van der Waals surface area contributed by atoms with Gasteiger partial charge in [0.25, 0.3) is 0 Å². The highest BCUT2D eigenvalue weighted by Gasteiger charge is 2.13. The Morgan fingerprint density at radius 1 is 1.40 bits per heavy atom. The number of fused-ring (bicyclic) bond motifs is 1. The van der Waals surface area contributed by atoms with Gasteiger partial charge in [0.1, 0.15) is 6.61 Å². The third-order valence-corrected chi connectivity index (χ3v) is 2.57. The molecule has 1 heterocycles. The van der Waals surface area contributed by atoms with Crippen LogP contribution >= 0.6 is 0 Å². The number of aromatic carboxylic acids is 1. The monoisotopic (exact) mass is 272 g/mol. The Hall–Kier alpha value is -2.89. The van der Waals surface area contributed by atoms with Crippen LogP contribution in [0.3, 0.4) is 0 Å². The van der Waals surface area contributed by atoms with Gasteiger partial charge in [-0.1, -0.05) is 18.7 Å². The maximum atomic E-state index is 11.5. The predicted octanol–water partition coefficient (Wildman–Crippen LogP) is 2.67. The molecule has 0 bridgehead atoms. The molecule has 1 aromatic heterocycles. The highest BCUT2D eigenvalue weighted by molar-refractivity contribution is 6.08. The molecule has 0 aliphatic rings. The molecular formula is C14H12N2O4. The fraction of sp³-hybridized carbons (Fsp3) is 0.0714. The van der Waals surface area contributed by atoms with Crippen LogP contribution in [0.4, 0.5) is 10.5 Å². The average Bonchev–Trinajstić information content (AvgIpc) is 2.45. The maximum Gasteiger partial charge on any atom is 0.412 e. The van der Waals surface area contributed by atoms with Gasteiger partial charge in [-0.3, -0.25) is 10.3 Å². The number of carboxylic acids is 1. The summed E-state index contributed by atoms with van der Waals surface area (Å²) in [5.74, 6) is -1.05. The molecule has 1 aromatic carbocycles. The molecule has 0 spiro atoms. The van der Waals surface area contributed by atoms with Crippen molar-refractivity contribution in [2.75, 3.05) is 11.9 Å². The minimum Gasteiger partial charge on any atom is -0.478 e. The molecule has 0 aliphatic carbocycles. The summed E-state index contributed by atoms with van der Waals surface area (Å²) in [6, 6.07) is 6.16. The van der Waals surface area contributed by atoms with Crippen LogP contribution in [0, 0.1) is 0 Å². The minimum atomic E-state index is -1.05. The van der Waals surface area contributed by atoms with Crippen molar-refractivity contribution in [1.29, 1.82) is 0 Å². The van der Waals surface area contributed by atoms with Crippen molar-refractivity contribution in [3.8, 4) is 0 Å². The molecule has 0 aliphatic heterocycles. The summed E-state index contributed by atoms with van der Waals surface area (Å²) in [5.41, 5.74) is 0.903. The first-order valence-electron chi connectivity index (χ1n) is 5.79. The van der Waals surface area contributed by atoms with E-state index in [1.165, 1.54) is 24.4 Å². The molecule has 2 N–H and O–H groups in total. The number of nitrogens with one attached hydrogen (secondary N) is 1. The predicted molar refractivity (Wildman–Crippen MR) is 73.9 cm³/mol. The summed E-state index contributed by atoms with van der Waals surface area (Å²) >= 11 is 0. The third kappa shape index (κ3) is 2.74. The van der Waals surface area contributed by atoms with E-state index in [1.54, 1.807) is 12.1 Å². The lowest BCUT2D eigenvalue weighted by molar-refractivity contribution is 0.0699. The van der Waals surface area contributed by atoms with Crippen LogP contribution in [0.15, 0.2) is 43.1 Å². The number of amides is 1. The molecular weight excluding hydrogens is 260 g/mol. The molecule has 102 valence electrons. The van der Waals surface area contributed by atoms with Crippen LogP contribution in [0.2, 0.25) is 0 Å². The van der Waals surface area contributed by atoms with E-state index in [2.05, 4.69) is 16.9 Å². The molecule has 6 nitrogen and oxygen atoms in total. The Labute approximate surface area is 114 Å². The smallest absolute Gasteiger partial charge is 0.412 e. The first kappa shape index (κ1) is 13.5. The first-order chi connectivity index (χ1) is 9.63. The quantitative estimate of drug-likeness (QED) is 0.835. The van der Waals surface area contributed by atoms with Crippen molar-refractivity contribution in [1.82, 2.24) is 4.98 Å².